The molecule has 1 saturated heterocycles. The molecule has 0 aliphatic carbocycles. The highest BCUT2D eigenvalue weighted by Gasteiger charge is 2.23. The molecule has 0 radical (unpaired) electrons. The number of piperidine rings is 1. The molecule has 6 heteroatoms. The first-order valence-corrected chi connectivity index (χ1v) is 7.41. The second kappa shape index (κ2) is 8.76. The van der Waals surface area contributed by atoms with Crippen LogP contribution in [0.5, 0.6) is 0 Å². The van der Waals surface area contributed by atoms with Crippen LogP contribution in [0.25, 0.3) is 0 Å². The van der Waals surface area contributed by atoms with Gasteiger partial charge in [-0.2, -0.15) is 0 Å². The first-order valence-electron chi connectivity index (χ1n) is 7.41. The Kier molecular flexibility index (Phi) is 7.35. The molecule has 1 aliphatic rings. The van der Waals surface area contributed by atoms with Gasteiger partial charge in [-0.1, -0.05) is 18.6 Å². The molecule has 22 heavy (non-hydrogen) atoms. The van der Waals surface area contributed by atoms with Crippen LogP contribution in [0, 0.1) is 0 Å². The molecule has 2 N–H and O–H groups in total. The summed E-state index contributed by atoms with van der Waals surface area (Å²) in [6.45, 7) is 1.48. The minimum absolute atomic E-state index is 0. The zero-order valence-electron chi connectivity index (χ0n) is 13.1. The smallest absolute Gasteiger partial charge is 0.251 e. The number of rotatable bonds is 4. The van der Waals surface area contributed by atoms with E-state index in [0.717, 1.165) is 31.4 Å². The van der Waals surface area contributed by atoms with Crippen molar-refractivity contribution in [2.24, 2.45) is 0 Å². The van der Waals surface area contributed by atoms with Crippen LogP contribution < -0.4 is 10.6 Å². The lowest BCUT2D eigenvalue weighted by atomic mass is 10.0. The van der Waals surface area contributed by atoms with Crippen molar-refractivity contribution in [3.05, 3.63) is 35.4 Å². The number of carbonyl (C=O) groups is 2. The Hall–Kier alpha value is -1.59. The summed E-state index contributed by atoms with van der Waals surface area (Å²) in [6.07, 6.45) is 3.17. The summed E-state index contributed by atoms with van der Waals surface area (Å²) in [7, 11) is 3.44. The molecule has 1 aliphatic heterocycles. The zero-order chi connectivity index (χ0) is 15.2. The fourth-order valence-electron chi connectivity index (χ4n) is 2.59. The molecule has 1 aromatic rings. The van der Waals surface area contributed by atoms with E-state index in [1.54, 1.807) is 24.1 Å². The number of likely N-dealkylation sites (N-methyl/N-ethyl adjacent to an activating group) is 1. The molecule has 5 nitrogen and oxygen atoms in total. The maximum atomic E-state index is 12.3. The van der Waals surface area contributed by atoms with Gasteiger partial charge in [0.15, 0.2) is 0 Å². The summed E-state index contributed by atoms with van der Waals surface area (Å²) in [6, 6.07) is 7.30. The number of hydrogen-bond donors (Lipinski definition) is 2. The summed E-state index contributed by atoms with van der Waals surface area (Å²) in [5.41, 5.74) is 1.65. The van der Waals surface area contributed by atoms with Crippen LogP contribution in [0.1, 0.15) is 35.2 Å². The van der Waals surface area contributed by atoms with Crippen molar-refractivity contribution in [1.82, 2.24) is 15.5 Å². The third-order valence-corrected chi connectivity index (χ3v) is 3.85. The molecule has 2 rings (SSSR count). The topological polar surface area (TPSA) is 61.4 Å². The third-order valence-electron chi connectivity index (χ3n) is 3.85. The van der Waals surface area contributed by atoms with Crippen LogP contribution in [0.15, 0.2) is 24.3 Å². The predicted molar refractivity (Wildman–Crippen MR) is 89.2 cm³/mol. The number of nitrogens with one attached hydrogen (secondary N) is 2. The van der Waals surface area contributed by atoms with Crippen molar-refractivity contribution in [3.63, 3.8) is 0 Å². The monoisotopic (exact) mass is 325 g/mol. The van der Waals surface area contributed by atoms with E-state index in [1.807, 2.05) is 19.2 Å². The zero-order valence-corrected chi connectivity index (χ0v) is 13.9. The summed E-state index contributed by atoms with van der Waals surface area (Å²) in [5, 5.41) is 5.86. The molecule has 1 heterocycles. The molecule has 1 atom stereocenters. The Balaban J connectivity index is 0.00000242. The third kappa shape index (κ3) is 4.71. The molecule has 0 bridgehead atoms. The Morgan fingerprint density at radius 3 is 2.50 bits per heavy atom. The molecule has 122 valence electrons. The van der Waals surface area contributed by atoms with Crippen molar-refractivity contribution in [3.8, 4) is 0 Å². The lowest BCUT2D eigenvalue weighted by Gasteiger charge is -2.27. The van der Waals surface area contributed by atoms with Crippen LogP contribution in [-0.2, 0) is 11.3 Å². The number of carbonyl (C=O) groups excluding carboxylic acids is 2. The standard InChI is InChI=1S/C16H23N3O2.ClH/c1-17-15(20)13-8-6-12(7-9-13)11-19(2)16(21)14-5-3-4-10-18-14;/h6-9,14,18H,3-5,10-11H2,1-2H3,(H,17,20);1H/t14-;/m1./s1. The Morgan fingerprint density at radius 2 is 1.95 bits per heavy atom. The maximum absolute atomic E-state index is 12.3. The number of amides is 2. The summed E-state index contributed by atoms with van der Waals surface area (Å²) in [5.74, 6) is 0.0439. The van der Waals surface area contributed by atoms with Gasteiger partial charge in [-0.15, -0.1) is 12.4 Å². The van der Waals surface area contributed by atoms with E-state index in [9.17, 15) is 9.59 Å². The molecular formula is C16H24ClN3O2. The Labute approximate surface area is 137 Å². The van der Waals surface area contributed by atoms with E-state index >= 15 is 0 Å². The van der Waals surface area contributed by atoms with Crippen LogP contribution in [0.4, 0.5) is 0 Å². The fourth-order valence-corrected chi connectivity index (χ4v) is 2.59. The van der Waals surface area contributed by atoms with E-state index in [0.29, 0.717) is 12.1 Å². The lowest BCUT2D eigenvalue weighted by Crippen LogP contribution is -2.46. The van der Waals surface area contributed by atoms with Gasteiger partial charge in [0.25, 0.3) is 5.91 Å². The molecule has 0 saturated carbocycles. The summed E-state index contributed by atoms with van der Waals surface area (Å²) in [4.78, 5) is 25.5. The average molecular weight is 326 g/mol. The lowest BCUT2D eigenvalue weighted by molar-refractivity contribution is -0.133. The van der Waals surface area contributed by atoms with Crippen LogP contribution in [0.3, 0.4) is 0 Å². The molecule has 0 unspecified atom stereocenters. The molecule has 0 aromatic heterocycles. The first-order chi connectivity index (χ1) is 10.1. The van der Waals surface area contributed by atoms with Gasteiger partial charge in [0.2, 0.25) is 5.91 Å². The van der Waals surface area contributed by atoms with Crippen molar-refractivity contribution in [2.45, 2.75) is 31.8 Å². The summed E-state index contributed by atoms with van der Waals surface area (Å²) < 4.78 is 0. The van der Waals surface area contributed by atoms with Gasteiger partial charge in [-0.25, -0.2) is 0 Å². The Bertz CT molecular complexity index is 499. The van der Waals surface area contributed by atoms with Gasteiger partial charge in [0, 0.05) is 26.2 Å². The Morgan fingerprint density at radius 1 is 1.27 bits per heavy atom. The second-order valence-corrected chi connectivity index (χ2v) is 5.47. The van der Waals surface area contributed by atoms with Gasteiger partial charge in [-0.3, -0.25) is 9.59 Å². The highest BCUT2D eigenvalue weighted by atomic mass is 35.5. The van der Waals surface area contributed by atoms with Crippen molar-refractivity contribution in [2.75, 3.05) is 20.6 Å². The average Bonchev–Trinajstić information content (AvgIpc) is 2.55. The van der Waals surface area contributed by atoms with E-state index in [1.165, 1.54) is 0 Å². The normalized spacial score (nSPS) is 17.3. The highest BCUT2D eigenvalue weighted by molar-refractivity contribution is 5.93. The van der Waals surface area contributed by atoms with Crippen LogP contribution >= 0.6 is 12.4 Å². The maximum Gasteiger partial charge on any atom is 0.251 e. The van der Waals surface area contributed by atoms with Crippen LogP contribution in [0.2, 0.25) is 0 Å². The largest absolute Gasteiger partial charge is 0.355 e. The predicted octanol–water partition coefficient (Wildman–Crippen LogP) is 1.57. The number of benzene rings is 1. The first kappa shape index (κ1) is 18.5. The van der Waals surface area contributed by atoms with Crippen molar-refractivity contribution >= 4 is 24.2 Å². The van der Waals surface area contributed by atoms with Crippen molar-refractivity contribution in [1.29, 1.82) is 0 Å². The highest BCUT2D eigenvalue weighted by Crippen LogP contribution is 2.12. The number of hydrogen-bond acceptors (Lipinski definition) is 3. The molecule has 0 spiro atoms. The van der Waals surface area contributed by atoms with E-state index in [-0.39, 0.29) is 30.3 Å². The second-order valence-electron chi connectivity index (χ2n) is 5.47. The van der Waals surface area contributed by atoms with E-state index in [4.69, 9.17) is 0 Å². The molecule has 1 aromatic carbocycles. The van der Waals surface area contributed by atoms with Gasteiger partial charge < -0.3 is 15.5 Å². The van der Waals surface area contributed by atoms with E-state index < -0.39 is 0 Å². The van der Waals surface area contributed by atoms with Gasteiger partial charge in [0.05, 0.1) is 6.04 Å². The van der Waals surface area contributed by atoms with Crippen LogP contribution in [-0.4, -0.2) is 43.4 Å². The van der Waals surface area contributed by atoms with Gasteiger partial charge >= 0.3 is 0 Å². The number of nitrogens with zero attached hydrogens (tertiary/aromatic N) is 1. The SMILES string of the molecule is CNC(=O)c1ccc(CN(C)C(=O)[C@H]2CCCCN2)cc1.Cl. The number of halogens is 1. The molecular weight excluding hydrogens is 302 g/mol. The van der Waals surface area contributed by atoms with Crippen molar-refractivity contribution < 1.29 is 9.59 Å². The van der Waals surface area contributed by atoms with Gasteiger partial charge in [0.1, 0.15) is 0 Å². The molecule has 1 fully saturated rings. The van der Waals surface area contributed by atoms with Gasteiger partial charge in [-0.05, 0) is 37.1 Å². The molecule has 2 amide bonds. The van der Waals surface area contributed by atoms with E-state index in [2.05, 4.69) is 10.6 Å². The fraction of sp³-hybridized carbons (Fsp3) is 0.500. The minimum Gasteiger partial charge on any atom is -0.355 e. The summed E-state index contributed by atoms with van der Waals surface area (Å²) >= 11 is 0. The quantitative estimate of drug-likeness (QED) is 0.883. The minimum atomic E-state index is -0.0996.